The number of phenols is 1. The van der Waals surface area contributed by atoms with Crippen LogP contribution in [0.1, 0.15) is 27.2 Å². The number of fused-ring (bicyclic) bond motifs is 3. The molecule has 0 radical (unpaired) electrons. The summed E-state index contributed by atoms with van der Waals surface area (Å²) in [6.07, 6.45) is -2.21. The molecule has 10 heteroatoms. The summed E-state index contributed by atoms with van der Waals surface area (Å²) in [5, 5.41) is 9.96. The number of anilines is 1. The summed E-state index contributed by atoms with van der Waals surface area (Å²) in [5.74, 6) is -1.48. The Balaban J connectivity index is 2.38. The molecule has 3 aromatic heterocycles. The summed E-state index contributed by atoms with van der Waals surface area (Å²) in [5.41, 5.74) is 11.2. The van der Waals surface area contributed by atoms with E-state index in [0.29, 0.717) is 16.8 Å². The van der Waals surface area contributed by atoms with Crippen LogP contribution in [0.4, 0.5) is 19.0 Å². The van der Waals surface area contributed by atoms with E-state index in [1.54, 1.807) is 19.9 Å². The number of alkyl halides is 3. The molecule has 0 saturated heterocycles. The minimum Gasteiger partial charge on any atom is -0.508 e. The largest absolute Gasteiger partial charge is 0.508 e. The van der Waals surface area contributed by atoms with Crippen molar-refractivity contribution in [2.45, 2.75) is 20.0 Å². The Kier molecular flexibility index (Phi) is 4.12. The molecule has 4 aromatic rings. The number of primary amides is 1. The minimum absolute atomic E-state index is 0.0106. The van der Waals surface area contributed by atoms with Crippen LogP contribution in [-0.2, 0) is 6.18 Å². The van der Waals surface area contributed by atoms with Crippen LogP contribution in [0, 0.1) is 13.8 Å². The number of halogens is 3. The molecular formula is C20H16F3N5O2. The van der Waals surface area contributed by atoms with Crippen molar-refractivity contribution in [2.24, 2.45) is 5.73 Å². The Labute approximate surface area is 167 Å². The molecule has 3 heterocycles. The highest BCUT2D eigenvalue weighted by molar-refractivity contribution is 6.18. The van der Waals surface area contributed by atoms with Gasteiger partial charge in [-0.25, -0.2) is 4.98 Å². The van der Waals surface area contributed by atoms with Gasteiger partial charge in [-0.3, -0.25) is 14.3 Å². The van der Waals surface area contributed by atoms with E-state index in [2.05, 4.69) is 9.97 Å². The van der Waals surface area contributed by atoms with Gasteiger partial charge in [0.1, 0.15) is 11.6 Å². The van der Waals surface area contributed by atoms with Crippen molar-refractivity contribution in [1.82, 2.24) is 14.5 Å². The van der Waals surface area contributed by atoms with E-state index in [0.717, 1.165) is 0 Å². The summed E-state index contributed by atoms with van der Waals surface area (Å²) in [6, 6.07) is 4.40. The normalized spacial score (nSPS) is 12.0. The number of nitrogen functional groups attached to an aromatic ring is 1. The second-order valence-electron chi connectivity index (χ2n) is 6.91. The quantitative estimate of drug-likeness (QED) is 0.462. The average Bonchev–Trinajstić information content (AvgIpc) is 2.97. The number of aromatic nitrogens is 3. The van der Waals surface area contributed by atoms with Gasteiger partial charge in [-0.15, -0.1) is 0 Å². The van der Waals surface area contributed by atoms with Gasteiger partial charge in [0.15, 0.2) is 5.69 Å². The minimum atomic E-state index is -4.87. The van der Waals surface area contributed by atoms with Gasteiger partial charge in [-0.05, 0) is 31.5 Å². The van der Waals surface area contributed by atoms with Crippen LogP contribution in [0.5, 0.6) is 5.75 Å². The van der Waals surface area contributed by atoms with E-state index in [-0.39, 0.29) is 28.0 Å². The fourth-order valence-corrected chi connectivity index (χ4v) is 3.78. The van der Waals surface area contributed by atoms with Crippen LogP contribution < -0.4 is 11.5 Å². The molecule has 0 fully saturated rings. The van der Waals surface area contributed by atoms with Crippen molar-refractivity contribution in [1.29, 1.82) is 0 Å². The summed E-state index contributed by atoms with van der Waals surface area (Å²) in [4.78, 5) is 19.9. The molecule has 1 aromatic carbocycles. The summed E-state index contributed by atoms with van der Waals surface area (Å²) >= 11 is 0. The lowest BCUT2D eigenvalue weighted by Gasteiger charge is -2.17. The predicted octanol–water partition coefficient (Wildman–Crippen LogP) is 3.60. The molecule has 154 valence electrons. The Hall–Kier alpha value is -3.82. The highest BCUT2D eigenvalue weighted by Gasteiger charge is 2.39. The molecule has 4 rings (SSSR count). The van der Waals surface area contributed by atoms with E-state index in [1.165, 1.54) is 29.1 Å². The SMILES string of the molecule is Cc1ccc(O)c(C)c1-n1c(N)c(C(N)=O)c2c(C(F)(F)F)nc3ccncc3c21. The Morgan fingerprint density at radius 3 is 2.53 bits per heavy atom. The lowest BCUT2D eigenvalue weighted by molar-refractivity contribution is -0.139. The maximum atomic E-state index is 13.9. The number of carbonyl (C=O) groups excluding carboxylic acids is 1. The molecule has 0 aliphatic rings. The van der Waals surface area contributed by atoms with E-state index < -0.39 is 28.7 Å². The van der Waals surface area contributed by atoms with Gasteiger partial charge in [0.2, 0.25) is 0 Å². The van der Waals surface area contributed by atoms with Gasteiger partial charge in [-0.2, -0.15) is 13.2 Å². The summed E-state index contributed by atoms with van der Waals surface area (Å²) in [6.45, 7) is 3.31. The Morgan fingerprint density at radius 2 is 1.90 bits per heavy atom. The van der Waals surface area contributed by atoms with Crippen LogP contribution in [-0.4, -0.2) is 25.5 Å². The van der Waals surface area contributed by atoms with E-state index in [4.69, 9.17) is 11.5 Å². The number of hydrogen-bond donors (Lipinski definition) is 3. The Bertz CT molecular complexity index is 1360. The number of aryl methyl sites for hydroxylation is 1. The van der Waals surface area contributed by atoms with Gasteiger partial charge in [0.25, 0.3) is 5.91 Å². The topological polar surface area (TPSA) is 120 Å². The highest BCUT2D eigenvalue weighted by Crippen LogP contribution is 2.43. The number of nitrogens with zero attached hydrogens (tertiary/aromatic N) is 3. The smallest absolute Gasteiger partial charge is 0.434 e. The molecule has 0 spiro atoms. The highest BCUT2D eigenvalue weighted by atomic mass is 19.4. The predicted molar refractivity (Wildman–Crippen MR) is 105 cm³/mol. The number of hydrogen-bond acceptors (Lipinski definition) is 5. The first-order chi connectivity index (χ1) is 14.0. The first kappa shape index (κ1) is 19.5. The monoisotopic (exact) mass is 415 g/mol. The average molecular weight is 415 g/mol. The van der Waals surface area contributed by atoms with Gasteiger partial charge < -0.3 is 16.6 Å². The van der Waals surface area contributed by atoms with E-state index >= 15 is 0 Å². The fourth-order valence-electron chi connectivity index (χ4n) is 3.78. The Morgan fingerprint density at radius 1 is 1.20 bits per heavy atom. The van der Waals surface area contributed by atoms with Crippen LogP contribution in [0.3, 0.4) is 0 Å². The third kappa shape index (κ3) is 2.64. The second kappa shape index (κ2) is 6.34. The van der Waals surface area contributed by atoms with Gasteiger partial charge >= 0.3 is 6.18 Å². The van der Waals surface area contributed by atoms with Crippen LogP contribution in [0.2, 0.25) is 0 Å². The zero-order valence-electron chi connectivity index (χ0n) is 15.9. The number of benzene rings is 1. The van der Waals surface area contributed by atoms with Crippen LogP contribution in [0.15, 0.2) is 30.6 Å². The second-order valence-corrected chi connectivity index (χ2v) is 6.91. The molecule has 0 saturated carbocycles. The first-order valence-electron chi connectivity index (χ1n) is 8.78. The molecule has 1 amide bonds. The number of carbonyl (C=O) groups is 1. The lowest BCUT2D eigenvalue weighted by atomic mass is 10.1. The molecule has 7 nitrogen and oxygen atoms in total. The fraction of sp³-hybridized carbons (Fsp3) is 0.150. The van der Waals surface area contributed by atoms with Gasteiger partial charge in [0, 0.05) is 28.7 Å². The number of rotatable bonds is 2. The molecule has 0 unspecified atom stereocenters. The third-order valence-electron chi connectivity index (χ3n) is 5.07. The van der Waals surface area contributed by atoms with Crippen molar-refractivity contribution in [3.8, 4) is 11.4 Å². The van der Waals surface area contributed by atoms with Crippen LogP contribution in [0.25, 0.3) is 27.5 Å². The number of phenolic OH excluding ortho intramolecular Hbond substituents is 1. The zero-order chi connectivity index (χ0) is 22.0. The molecule has 0 aliphatic heterocycles. The maximum Gasteiger partial charge on any atom is 0.434 e. The molecule has 0 aliphatic carbocycles. The van der Waals surface area contributed by atoms with E-state index in [1.807, 2.05) is 0 Å². The molecule has 30 heavy (non-hydrogen) atoms. The molecule has 5 N–H and O–H groups in total. The van der Waals surface area contributed by atoms with E-state index in [9.17, 15) is 23.1 Å². The van der Waals surface area contributed by atoms with Crippen LogP contribution >= 0.6 is 0 Å². The van der Waals surface area contributed by atoms with Crippen molar-refractivity contribution in [2.75, 3.05) is 5.73 Å². The maximum absolute atomic E-state index is 13.9. The van der Waals surface area contributed by atoms with Crippen molar-refractivity contribution in [3.63, 3.8) is 0 Å². The number of pyridine rings is 2. The van der Waals surface area contributed by atoms with Gasteiger partial charge in [-0.1, -0.05) is 6.07 Å². The standard InChI is InChI=1S/C20H16F3N5O2/c1-8-3-4-12(29)9(2)15(8)28-16-10-7-26-6-5-11(10)27-17(20(21,22)23)13(16)14(18(28)24)19(25)30/h3-7,29H,24H2,1-2H3,(H2,25,30). The van der Waals surface area contributed by atoms with Gasteiger partial charge in [0.05, 0.1) is 22.3 Å². The van der Waals surface area contributed by atoms with Crippen molar-refractivity contribution < 1.29 is 23.1 Å². The molecular weight excluding hydrogens is 399 g/mol. The molecule has 0 bridgehead atoms. The molecule has 0 atom stereocenters. The lowest BCUT2D eigenvalue weighted by Crippen LogP contribution is -2.16. The summed E-state index contributed by atoms with van der Waals surface area (Å²) < 4.78 is 43.1. The first-order valence-corrected chi connectivity index (χ1v) is 8.78. The number of amides is 1. The zero-order valence-corrected chi connectivity index (χ0v) is 15.9. The van der Waals surface area contributed by atoms with Crippen molar-refractivity contribution >= 4 is 33.5 Å². The summed E-state index contributed by atoms with van der Waals surface area (Å²) in [7, 11) is 0. The number of nitrogens with two attached hydrogens (primary N) is 2. The third-order valence-corrected chi connectivity index (χ3v) is 5.07. The van der Waals surface area contributed by atoms with Crippen molar-refractivity contribution in [3.05, 3.63) is 53.0 Å². The number of aromatic hydroxyl groups is 1.